The Kier molecular flexibility index (Phi) is 11.9. The van der Waals surface area contributed by atoms with Crippen molar-refractivity contribution in [2.24, 2.45) is 0 Å². The van der Waals surface area contributed by atoms with E-state index in [0.717, 1.165) is 0 Å². The summed E-state index contributed by atoms with van der Waals surface area (Å²) in [5, 5.41) is 1.95. The molecule has 134 valence electrons. The van der Waals surface area contributed by atoms with E-state index in [-0.39, 0.29) is 13.2 Å². The minimum atomic E-state index is -0.876. The van der Waals surface area contributed by atoms with Crippen LogP contribution in [0.3, 0.4) is 0 Å². The van der Waals surface area contributed by atoms with Crippen LogP contribution in [0.4, 0.5) is 9.59 Å². The maximum absolute atomic E-state index is 11.3. The maximum Gasteiger partial charge on any atom is 0.417 e. The van der Waals surface area contributed by atoms with Gasteiger partial charge in [-0.25, -0.2) is 14.9 Å². The lowest BCUT2D eigenvalue weighted by atomic mass is 10.2. The Labute approximate surface area is 137 Å². The summed E-state index contributed by atoms with van der Waals surface area (Å²) in [7, 11) is 0. The fourth-order valence-corrected chi connectivity index (χ4v) is 1.22. The van der Waals surface area contributed by atoms with Crippen LogP contribution in [0.25, 0.3) is 0 Å². The van der Waals surface area contributed by atoms with Crippen LogP contribution in [0.5, 0.6) is 0 Å². The van der Waals surface area contributed by atoms with E-state index in [0.29, 0.717) is 33.0 Å². The van der Waals surface area contributed by atoms with E-state index in [1.807, 2.05) is 5.32 Å². The highest BCUT2D eigenvalue weighted by Gasteiger charge is 2.18. The number of hydrogen-bond acceptors (Lipinski definition) is 7. The minimum absolute atomic E-state index is 0.0249. The molecule has 0 aliphatic heterocycles. The first-order valence-corrected chi connectivity index (χ1v) is 7.36. The Morgan fingerprint density at radius 1 is 0.913 bits per heavy atom. The second-order valence-electron chi connectivity index (χ2n) is 5.35. The van der Waals surface area contributed by atoms with Crippen molar-refractivity contribution >= 4 is 12.2 Å². The predicted molar refractivity (Wildman–Crippen MR) is 83.4 cm³/mol. The summed E-state index contributed by atoms with van der Waals surface area (Å²) in [4.78, 5) is 22.5. The molecule has 0 spiro atoms. The lowest BCUT2D eigenvalue weighted by molar-refractivity contribution is 0.00872. The van der Waals surface area contributed by atoms with Crippen LogP contribution in [0.2, 0.25) is 0 Å². The summed E-state index contributed by atoms with van der Waals surface area (Å²) in [6.45, 7) is 11.1. The molecule has 0 atom stereocenters. The van der Waals surface area contributed by atoms with Crippen molar-refractivity contribution in [2.45, 2.75) is 26.4 Å². The van der Waals surface area contributed by atoms with E-state index in [2.05, 4.69) is 6.58 Å². The third-order valence-electron chi connectivity index (χ3n) is 2.04. The first-order chi connectivity index (χ1) is 10.8. The highest BCUT2D eigenvalue weighted by atomic mass is 16.6. The maximum atomic E-state index is 11.3. The van der Waals surface area contributed by atoms with Crippen molar-refractivity contribution < 1.29 is 33.3 Å². The van der Waals surface area contributed by atoms with E-state index >= 15 is 0 Å². The third-order valence-corrected chi connectivity index (χ3v) is 2.04. The van der Waals surface area contributed by atoms with Gasteiger partial charge in [0.25, 0.3) is 0 Å². The number of alkyl carbamates (subject to hydrolysis) is 2. The van der Waals surface area contributed by atoms with Gasteiger partial charge in [0.1, 0.15) is 12.2 Å². The lowest BCUT2D eigenvalue weighted by Gasteiger charge is -2.19. The van der Waals surface area contributed by atoms with Crippen LogP contribution in [0.15, 0.2) is 12.7 Å². The fraction of sp³-hybridized carbons (Fsp3) is 0.733. The van der Waals surface area contributed by atoms with Gasteiger partial charge in [-0.3, -0.25) is 0 Å². The minimum Gasteiger partial charge on any atom is -0.447 e. The van der Waals surface area contributed by atoms with Crippen molar-refractivity contribution in [3.63, 3.8) is 0 Å². The normalized spacial score (nSPS) is 10.9. The summed E-state index contributed by atoms with van der Waals surface area (Å²) in [6.07, 6.45) is -0.0591. The predicted octanol–water partition coefficient (Wildman–Crippen LogP) is 1.88. The van der Waals surface area contributed by atoms with Gasteiger partial charge in [0.05, 0.1) is 39.6 Å². The molecule has 0 fully saturated rings. The van der Waals surface area contributed by atoms with Crippen LogP contribution in [0.1, 0.15) is 20.8 Å². The summed E-state index contributed by atoms with van der Waals surface area (Å²) in [5.41, 5.74) is -0.676. The molecule has 2 amide bonds. The molecular formula is C15H27NO7. The lowest BCUT2D eigenvalue weighted by Crippen LogP contribution is -2.37. The summed E-state index contributed by atoms with van der Waals surface area (Å²) >= 11 is 0. The highest BCUT2D eigenvalue weighted by molar-refractivity contribution is 5.87. The number of carbonyl (C=O) groups is 2. The van der Waals surface area contributed by atoms with E-state index in [4.69, 9.17) is 23.7 Å². The molecule has 0 radical (unpaired) electrons. The van der Waals surface area contributed by atoms with Crippen molar-refractivity contribution in [3.05, 3.63) is 12.7 Å². The van der Waals surface area contributed by atoms with Gasteiger partial charge in [-0.05, 0) is 20.8 Å². The zero-order chi connectivity index (χ0) is 17.6. The monoisotopic (exact) mass is 333 g/mol. The second kappa shape index (κ2) is 12.9. The fourth-order valence-electron chi connectivity index (χ4n) is 1.22. The van der Waals surface area contributed by atoms with E-state index in [9.17, 15) is 9.59 Å². The average Bonchev–Trinajstić information content (AvgIpc) is 2.42. The smallest absolute Gasteiger partial charge is 0.417 e. The Hall–Kier alpha value is -1.64. The molecule has 0 unspecified atom stereocenters. The molecule has 8 nitrogen and oxygen atoms in total. The molecule has 0 aromatic carbocycles. The average molecular weight is 333 g/mol. The van der Waals surface area contributed by atoms with Crippen molar-refractivity contribution in [3.8, 4) is 0 Å². The molecule has 8 heteroatoms. The van der Waals surface area contributed by atoms with Crippen LogP contribution < -0.4 is 5.32 Å². The molecule has 0 aromatic heterocycles. The van der Waals surface area contributed by atoms with Crippen molar-refractivity contribution in [2.75, 3.05) is 46.2 Å². The van der Waals surface area contributed by atoms with Crippen LogP contribution in [0, 0.1) is 0 Å². The SMILES string of the molecule is C=CCOCCOCCOCCOC(=O)NC(=O)OC(C)(C)C. The molecule has 0 saturated carbocycles. The summed E-state index contributed by atoms with van der Waals surface area (Å²) in [5.74, 6) is 0. The molecule has 1 N–H and O–H groups in total. The second-order valence-corrected chi connectivity index (χ2v) is 5.35. The Bertz CT molecular complexity index is 352. The van der Waals surface area contributed by atoms with Gasteiger partial charge in [0, 0.05) is 0 Å². The number of carbonyl (C=O) groups excluding carboxylic acids is 2. The molecule has 0 saturated heterocycles. The van der Waals surface area contributed by atoms with Crippen molar-refractivity contribution in [1.82, 2.24) is 5.32 Å². The first kappa shape index (κ1) is 21.4. The summed E-state index contributed by atoms with van der Waals surface area (Å²) < 4.78 is 25.2. The van der Waals surface area contributed by atoms with Crippen LogP contribution in [-0.2, 0) is 23.7 Å². The number of imide groups is 1. The molecule has 0 rings (SSSR count). The van der Waals surface area contributed by atoms with Crippen LogP contribution >= 0.6 is 0 Å². The van der Waals surface area contributed by atoms with Gasteiger partial charge in [-0.2, -0.15) is 0 Å². The molecule has 23 heavy (non-hydrogen) atoms. The molecule has 0 aliphatic carbocycles. The quantitative estimate of drug-likeness (QED) is 0.456. The van der Waals surface area contributed by atoms with Gasteiger partial charge in [-0.1, -0.05) is 6.08 Å². The number of amides is 2. The number of hydrogen-bond donors (Lipinski definition) is 1. The molecule has 0 aromatic rings. The third kappa shape index (κ3) is 16.6. The standard InChI is InChI=1S/C15H27NO7/c1-5-6-19-7-8-20-9-10-21-11-12-22-13(17)16-14(18)23-15(2,3)4/h5H,1,6-12H2,2-4H3,(H,16,17,18). The molecule has 0 aliphatic rings. The Balaban J connectivity index is 3.39. The van der Waals surface area contributed by atoms with Crippen LogP contribution in [-0.4, -0.2) is 64.0 Å². The number of ether oxygens (including phenoxy) is 5. The van der Waals surface area contributed by atoms with Gasteiger partial charge >= 0.3 is 12.2 Å². The Morgan fingerprint density at radius 2 is 1.43 bits per heavy atom. The molecule has 0 bridgehead atoms. The van der Waals surface area contributed by atoms with Crippen molar-refractivity contribution in [1.29, 1.82) is 0 Å². The van der Waals surface area contributed by atoms with E-state index < -0.39 is 17.8 Å². The zero-order valence-corrected chi connectivity index (χ0v) is 14.1. The molecular weight excluding hydrogens is 306 g/mol. The molecule has 0 heterocycles. The topological polar surface area (TPSA) is 92.3 Å². The van der Waals surface area contributed by atoms with Gasteiger partial charge in [0.15, 0.2) is 0 Å². The Morgan fingerprint density at radius 3 is 1.96 bits per heavy atom. The first-order valence-electron chi connectivity index (χ1n) is 7.36. The summed E-state index contributed by atoms with van der Waals surface area (Å²) in [6, 6.07) is 0. The number of rotatable bonds is 11. The highest BCUT2D eigenvalue weighted by Crippen LogP contribution is 2.06. The largest absolute Gasteiger partial charge is 0.447 e. The zero-order valence-electron chi connectivity index (χ0n) is 14.1. The number of nitrogens with one attached hydrogen (secondary N) is 1. The van der Waals surface area contributed by atoms with Gasteiger partial charge < -0.3 is 23.7 Å². The van der Waals surface area contributed by atoms with Gasteiger partial charge in [0.2, 0.25) is 0 Å². The van der Waals surface area contributed by atoms with E-state index in [1.165, 1.54) is 0 Å². The van der Waals surface area contributed by atoms with Gasteiger partial charge in [-0.15, -0.1) is 6.58 Å². The van der Waals surface area contributed by atoms with E-state index in [1.54, 1.807) is 26.8 Å².